The molecule has 0 aromatic carbocycles. The average Bonchev–Trinajstić information content (AvgIpc) is 3.50. The summed E-state index contributed by atoms with van der Waals surface area (Å²) >= 11 is 0. The van der Waals surface area contributed by atoms with Crippen molar-refractivity contribution in [3.05, 3.63) is 23.8 Å². The highest BCUT2D eigenvalue weighted by atomic mass is 16.6. The van der Waals surface area contributed by atoms with Crippen molar-refractivity contribution in [2.24, 2.45) is 0 Å². The summed E-state index contributed by atoms with van der Waals surface area (Å²) in [5.74, 6) is 0. The predicted molar refractivity (Wildman–Crippen MR) is 111 cm³/mol. The molecule has 0 N–H and O–H groups in total. The first-order valence-electron chi connectivity index (χ1n) is 11.2. The van der Waals surface area contributed by atoms with Gasteiger partial charge in [-0.2, -0.15) is 0 Å². The molecule has 0 bridgehead atoms. The van der Waals surface area contributed by atoms with E-state index in [2.05, 4.69) is 20.6 Å². The van der Waals surface area contributed by atoms with Crippen LogP contribution in [0.15, 0.2) is 12.4 Å². The smallest absolute Gasteiger partial charge is 0.101 e. The molecule has 2 aromatic rings. The van der Waals surface area contributed by atoms with Crippen LogP contribution in [0.3, 0.4) is 0 Å². The molecule has 0 saturated carbocycles. The molecular formula is C20H32N6O7. The molecule has 4 heterocycles. The zero-order chi connectivity index (χ0) is 22.6. The quantitative estimate of drug-likeness (QED) is 0.295. The molecule has 0 amide bonds. The van der Waals surface area contributed by atoms with Crippen LogP contribution < -0.4 is 0 Å². The predicted octanol–water partition coefficient (Wildman–Crippen LogP) is -0.550. The van der Waals surface area contributed by atoms with Crippen LogP contribution in [0.5, 0.6) is 0 Å². The summed E-state index contributed by atoms with van der Waals surface area (Å²) in [5, 5.41) is 15.8. The molecule has 184 valence electrons. The van der Waals surface area contributed by atoms with E-state index >= 15 is 0 Å². The van der Waals surface area contributed by atoms with E-state index in [1.165, 1.54) is 0 Å². The Bertz CT molecular complexity index is 739. The van der Waals surface area contributed by atoms with Crippen LogP contribution in [0.1, 0.15) is 11.4 Å². The molecule has 13 heteroatoms. The van der Waals surface area contributed by atoms with Gasteiger partial charge in [-0.3, -0.25) is 0 Å². The van der Waals surface area contributed by atoms with Crippen molar-refractivity contribution >= 4 is 0 Å². The van der Waals surface area contributed by atoms with Gasteiger partial charge in [-0.15, -0.1) is 10.2 Å². The zero-order valence-electron chi connectivity index (χ0n) is 18.7. The van der Waals surface area contributed by atoms with Crippen molar-refractivity contribution in [3.8, 4) is 0 Å². The summed E-state index contributed by atoms with van der Waals surface area (Å²) in [5.41, 5.74) is 1.98. The number of hydrogen-bond donors (Lipinski definition) is 0. The SMILES string of the molecule is c1nnn2c1COC(COCCOCCOCCOCCOCC1Cn3nncc3CO1)C2. The van der Waals surface area contributed by atoms with Gasteiger partial charge in [0.15, 0.2) is 0 Å². The van der Waals surface area contributed by atoms with Crippen molar-refractivity contribution in [1.29, 1.82) is 0 Å². The van der Waals surface area contributed by atoms with E-state index in [0.29, 0.717) is 92.4 Å². The Morgan fingerprint density at radius 1 is 0.636 bits per heavy atom. The second-order valence-corrected chi connectivity index (χ2v) is 7.67. The lowest BCUT2D eigenvalue weighted by Gasteiger charge is -2.23. The van der Waals surface area contributed by atoms with E-state index in [0.717, 1.165) is 11.4 Å². The third-order valence-corrected chi connectivity index (χ3v) is 5.18. The minimum atomic E-state index is -0.00336. The lowest BCUT2D eigenvalue weighted by atomic mass is 10.3. The highest BCUT2D eigenvalue weighted by Crippen LogP contribution is 2.12. The average molecular weight is 469 g/mol. The maximum Gasteiger partial charge on any atom is 0.101 e. The van der Waals surface area contributed by atoms with Crippen LogP contribution in [-0.4, -0.2) is 108 Å². The maximum atomic E-state index is 5.70. The highest BCUT2D eigenvalue weighted by Gasteiger charge is 2.20. The molecule has 0 spiro atoms. The number of fused-ring (bicyclic) bond motifs is 2. The Kier molecular flexibility index (Phi) is 9.98. The molecule has 0 saturated heterocycles. The maximum absolute atomic E-state index is 5.70. The first kappa shape index (κ1) is 24.1. The van der Waals surface area contributed by atoms with E-state index in [-0.39, 0.29) is 12.2 Å². The molecular weight excluding hydrogens is 436 g/mol. The molecule has 0 fully saturated rings. The second kappa shape index (κ2) is 13.6. The fourth-order valence-corrected chi connectivity index (χ4v) is 3.40. The molecule has 2 atom stereocenters. The van der Waals surface area contributed by atoms with Gasteiger partial charge >= 0.3 is 0 Å². The standard InChI is InChI=1S/C20H32N6O7/c1(3-28-5-7-30-15-19-11-25-17(13-32-19)9-21-23-25)27-2-4-29-6-8-31-16-20-12-26-18(14-33-20)10-22-24-26/h9-10,19-20H,1-8,11-16H2. The summed E-state index contributed by atoms with van der Waals surface area (Å²) in [6.45, 7) is 7.52. The Morgan fingerprint density at radius 2 is 1.03 bits per heavy atom. The zero-order valence-corrected chi connectivity index (χ0v) is 18.7. The number of nitrogens with zero attached hydrogens (tertiary/aromatic N) is 6. The largest absolute Gasteiger partial charge is 0.377 e. The molecule has 13 nitrogen and oxygen atoms in total. The lowest BCUT2D eigenvalue weighted by molar-refractivity contribution is -0.0662. The molecule has 2 aliphatic heterocycles. The van der Waals surface area contributed by atoms with Crippen LogP contribution in [0, 0.1) is 0 Å². The van der Waals surface area contributed by atoms with Gasteiger partial charge in [0.2, 0.25) is 0 Å². The van der Waals surface area contributed by atoms with Gasteiger partial charge in [-0.25, -0.2) is 9.36 Å². The molecule has 2 aromatic heterocycles. The van der Waals surface area contributed by atoms with E-state index in [1.54, 1.807) is 12.4 Å². The summed E-state index contributed by atoms with van der Waals surface area (Å²) in [6.07, 6.45) is 3.43. The highest BCUT2D eigenvalue weighted by molar-refractivity contribution is 4.95. The molecule has 33 heavy (non-hydrogen) atoms. The number of aromatic nitrogens is 6. The molecule has 2 unspecified atom stereocenters. The minimum Gasteiger partial charge on any atom is -0.377 e. The molecule has 0 aliphatic carbocycles. The van der Waals surface area contributed by atoms with Crippen molar-refractivity contribution in [3.63, 3.8) is 0 Å². The van der Waals surface area contributed by atoms with E-state index in [9.17, 15) is 0 Å². The Labute approximate surface area is 192 Å². The van der Waals surface area contributed by atoms with Crippen LogP contribution in [0.4, 0.5) is 0 Å². The van der Waals surface area contributed by atoms with E-state index in [4.69, 9.17) is 33.2 Å². The van der Waals surface area contributed by atoms with Crippen molar-refractivity contribution in [1.82, 2.24) is 30.0 Å². The first-order valence-corrected chi connectivity index (χ1v) is 11.2. The summed E-state index contributed by atoms with van der Waals surface area (Å²) < 4.78 is 42.8. The van der Waals surface area contributed by atoms with E-state index in [1.807, 2.05) is 9.36 Å². The monoisotopic (exact) mass is 468 g/mol. The molecule has 2 aliphatic rings. The first-order chi connectivity index (χ1) is 16.4. The Morgan fingerprint density at radius 3 is 1.45 bits per heavy atom. The lowest BCUT2D eigenvalue weighted by Crippen LogP contribution is -2.32. The van der Waals surface area contributed by atoms with Gasteiger partial charge < -0.3 is 33.2 Å². The Balaban J connectivity index is 0.869. The number of hydrogen-bond acceptors (Lipinski definition) is 11. The minimum absolute atomic E-state index is 0.00336. The summed E-state index contributed by atoms with van der Waals surface area (Å²) in [4.78, 5) is 0. The van der Waals surface area contributed by atoms with Crippen molar-refractivity contribution in [2.75, 3.05) is 66.1 Å². The van der Waals surface area contributed by atoms with Gasteiger partial charge in [-0.05, 0) is 0 Å². The fraction of sp³-hybridized carbons (Fsp3) is 0.800. The number of ether oxygens (including phenoxy) is 7. The fourth-order valence-electron chi connectivity index (χ4n) is 3.40. The van der Waals surface area contributed by atoms with Gasteiger partial charge in [0.25, 0.3) is 0 Å². The van der Waals surface area contributed by atoms with Gasteiger partial charge in [0.1, 0.15) is 12.2 Å². The summed E-state index contributed by atoms with van der Waals surface area (Å²) in [6, 6.07) is 0. The van der Waals surface area contributed by atoms with Crippen molar-refractivity contribution in [2.45, 2.75) is 38.5 Å². The van der Waals surface area contributed by atoms with Crippen molar-refractivity contribution < 1.29 is 33.2 Å². The Hall–Kier alpha value is -2.00. The van der Waals surface area contributed by atoms with Crippen LogP contribution in [0.2, 0.25) is 0 Å². The van der Waals surface area contributed by atoms with Crippen LogP contribution in [-0.2, 0) is 59.5 Å². The van der Waals surface area contributed by atoms with E-state index < -0.39 is 0 Å². The topological polar surface area (TPSA) is 126 Å². The third-order valence-electron chi connectivity index (χ3n) is 5.18. The molecule has 4 rings (SSSR count). The third kappa shape index (κ3) is 8.07. The number of rotatable bonds is 16. The molecule has 0 radical (unpaired) electrons. The summed E-state index contributed by atoms with van der Waals surface area (Å²) in [7, 11) is 0. The van der Waals surface area contributed by atoms with Gasteiger partial charge in [0, 0.05) is 0 Å². The second-order valence-electron chi connectivity index (χ2n) is 7.67. The normalized spacial score (nSPS) is 20.0. The van der Waals surface area contributed by atoms with Gasteiger partial charge in [0.05, 0.1) is 116 Å². The van der Waals surface area contributed by atoms with Crippen LogP contribution >= 0.6 is 0 Å². The van der Waals surface area contributed by atoms with Crippen LogP contribution in [0.25, 0.3) is 0 Å². The van der Waals surface area contributed by atoms with Gasteiger partial charge in [-0.1, -0.05) is 10.4 Å².